The van der Waals surface area contributed by atoms with Gasteiger partial charge in [-0.05, 0) is 28.7 Å². The molecule has 0 fully saturated rings. The van der Waals surface area contributed by atoms with E-state index in [0.717, 1.165) is 44.3 Å². The molecule has 0 unspecified atom stereocenters. The molecule has 28 heavy (non-hydrogen) atoms. The molecule has 0 aliphatic carbocycles. The second-order valence-corrected chi connectivity index (χ2v) is 9.75. The van der Waals surface area contributed by atoms with E-state index in [0.29, 0.717) is 0 Å². The summed E-state index contributed by atoms with van der Waals surface area (Å²) in [5.41, 5.74) is 6.69. The summed E-state index contributed by atoms with van der Waals surface area (Å²) < 4.78 is 6.05. The van der Waals surface area contributed by atoms with Crippen LogP contribution in [0.3, 0.4) is 0 Å². The molecule has 2 N–H and O–H groups in total. The Kier molecular flexibility index (Phi) is 4.78. The van der Waals surface area contributed by atoms with E-state index in [2.05, 4.69) is 86.6 Å². The van der Waals surface area contributed by atoms with E-state index in [1.165, 1.54) is 22.4 Å². The van der Waals surface area contributed by atoms with Crippen LogP contribution >= 0.6 is 0 Å². The molecule has 0 aromatic heterocycles. The number of nitrogens with zero attached hydrogens (tertiary/aromatic N) is 1. The fraction of sp³-hybridized carbons (Fsp3) is 0.500. The summed E-state index contributed by atoms with van der Waals surface area (Å²) in [6, 6.07) is 13.1. The highest BCUT2D eigenvalue weighted by Gasteiger charge is 2.32. The Morgan fingerprint density at radius 3 is 2.39 bits per heavy atom. The monoisotopic (exact) mass is 379 g/mol. The van der Waals surface area contributed by atoms with Crippen molar-refractivity contribution in [1.29, 1.82) is 0 Å². The van der Waals surface area contributed by atoms with Crippen LogP contribution in [0.1, 0.15) is 51.3 Å². The lowest BCUT2D eigenvalue weighted by Gasteiger charge is -2.39. The van der Waals surface area contributed by atoms with Crippen LogP contribution in [0, 0.1) is 0 Å². The second-order valence-electron chi connectivity index (χ2n) is 9.75. The molecule has 0 spiro atoms. The van der Waals surface area contributed by atoms with Crippen molar-refractivity contribution in [3.63, 3.8) is 0 Å². The lowest BCUT2D eigenvalue weighted by Crippen LogP contribution is -2.42. The first-order valence-corrected chi connectivity index (χ1v) is 10.3. The maximum absolute atomic E-state index is 6.05. The highest BCUT2D eigenvalue weighted by Crippen LogP contribution is 2.40. The van der Waals surface area contributed by atoms with Gasteiger partial charge >= 0.3 is 0 Å². The van der Waals surface area contributed by atoms with Crippen LogP contribution < -0.4 is 15.4 Å². The van der Waals surface area contributed by atoms with E-state index in [-0.39, 0.29) is 10.8 Å². The molecule has 0 amide bonds. The van der Waals surface area contributed by atoms with Crippen molar-refractivity contribution in [2.24, 2.45) is 0 Å². The smallest absolute Gasteiger partial charge is 0.146 e. The van der Waals surface area contributed by atoms with Gasteiger partial charge < -0.3 is 15.4 Å². The fourth-order valence-electron chi connectivity index (χ4n) is 4.56. The molecular weight excluding hydrogens is 346 g/mol. The van der Waals surface area contributed by atoms with Gasteiger partial charge in [0.05, 0.1) is 12.4 Å². The Balaban J connectivity index is 1.59. The Hall–Kier alpha value is -2.20. The van der Waals surface area contributed by atoms with Gasteiger partial charge in [-0.3, -0.25) is 4.90 Å². The highest BCUT2D eigenvalue weighted by molar-refractivity contribution is 5.63. The number of hydrogen-bond acceptors (Lipinski definition) is 4. The van der Waals surface area contributed by atoms with Crippen molar-refractivity contribution in [3.8, 4) is 5.75 Å². The molecule has 4 nitrogen and oxygen atoms in total. The van der Waals surface area contributed by atoms with Gasteiger partial charge in [0.25, 0.3) is 0 Å². The van der Waals surface area contributed by atoms with Crippen LogP contribution in [0.2, 0.25) is 0 Å². The normalized spacial score (nSPS) is 17.0. The molecule has 0 atom stereocenters. The molecule has 0 saturated heterocycles. The average Bonchev–Trinajstić information content (AvgIpc) is 2.66. The van der Waals surface area contributed by atoms with E-state index in [1.54, 1.807) is 0 Å². The minimum absolute atomic E-state index is 0.0137. The van der Waals surface area contributed by atoms with Gasteiger partial charge in [0.1, 0.15) is 12.4 Å². The van der Waals surface area contributed by atoms with E-state index in [9.17, 15) is 0 Å². The molecule has 4 heteroatoms. The maximum atomic E-state index is 6.05. The van der Waals surface area contributed by atoms with Crippen molar-refractivity contribution in [3.05, 3.63) is 53.1 Å². The Morgan fingerprint density at radius 2 is 1.64 bits per heavy atom. The van der Waals surface area contributed by atoms with E-state index in [1.807, 2.05) is 0 Å². The first kappa shape index (κ1) is 19.1. The fourth-order valence-corrected chi connectivity index (χ4v) is 4.56. The molecule has 150 valence electrons. The first-order valence-electron chi connectivity index (χ1n) is 10.3. The second kappa shape index (κ2) is 7.00. The zero-order chi connectivity index (χ0) is 19.9. The van der Waals surface area contributed by atoms with Gasteiger partial charge in [-0.1, -0.05) is 58.9 Å². The molecule has 2 aromatic carbocycles. The maximum Gasteiger partial charge on any atom is 0.146 e. The molecule has 2 heterocycles. The molecule has 0 bridgehead atoms. The van der Waals surface area contributed by atoms with Crippen molar-refractivity contribution >= 4 is 11.4 Å². The zero-order valence-corrected chi connectivity index (χ0v) is 17.9. The highest BCUT2D eigenvalue weighted by atomic mass is 16.5. The van der Waals surface area contributed by atoms with Crippen molar-refractivity contribution in [2.75, 3.05) is 37.0 Å². The number of para-hydroxylation sites is 1. The molecule has 2 aliphatic heterocycles. The number of fused-ring (bicyclic) bond motifs is 2. The van der Waals surface area contributed by atoms with Gasteiger partial charge in [0, 0.05) is 36.3 Å². The van der Waals surface area contributed by atoms with Crippen molar-refractivity contribution < 1.29 is 4.74 Å². The summed E-state index contributed by atoms with van der Waals surface area (Å²) in [7, 11) is 0. The van der Waals surface area contributed by atoms with E-state index >= 15 is 0 Å². The summed E-state index contributed by atoms with van der Waals surface area (Å²) in [5.74, 6) is 1.03. The Labute approximate surface area is 169 Å². The molecule has 4 rings (SSSR count). The predicted molar refractivity (Wildman–Crippen MR) is 117 cm³/mol. The lowest BCUT2D eigenvalue weighted by molar-refractivity contribution is 0.216. The van der Waals surface area contributed by atoms with Gasteiger partial charge in [-0.15, -0.1) is 0 Å². The molecule has 2 aliphatic rings. The van der Waals surface area contributed by atoms with Crippen LogP contribution in [0.4, 0.5) is 11.4 Å². The SMILES string of the molecule is CC(C)(C)c1cccc2c1CN(CC(C)(C)c1cccc3c1OCCN3)CN2. The minimum atomic E-state index is -0.0137. The number of nitrogens with one attached hydrogen (secondary N) is 2. The topological polar surface area (TPSA) is 36.5 Å². The number of anilines is 2. The van der Waals surface area contributed by atoms with E-state index < -0.39 is 0 Å². The molecule has 0 saturated carbocycles. The number of benzene rings is 2. The number of hydrogen-bond donors (Lipinski definition) is 2. The molecule has 0 radical (unpaired) electrons. The standard InChI is InChI=1S/C24H33N3O/c1-23(2,3)18-8-6-10-20-17(18)14-27(16-26-20)15-24(4,5)19-9-7-11-21-22(19)28-13-12-25-21/h6-11,25-26H,12-16H2,1-5H3. The largest absolute Gasteiger partial charge is 0.489 e. The van der Waals surface area contributed by atoms with Crippen LogP contribution in [0.15, 0.2) is 36.4 Å². The Morgan fingerprint density at radius 1 is 0.929 bits per heavy atom. The minimum Gasteiger partial charge on any atom is -0.489 e. The first-order chi connectivity index (χ1) is 13.3. The molecular formula is C24H33N3O. The van der Waals surface area contributed by atoms with Gasteiger partial charge in [0.2, 0.25) is 0 Å². The third-order valence-electron chi connectivity index (χ3n) is 5.89. The summed E-state index contributed by atoms with van der Waals surface area (Å²) in [4.78, 5) is 2.52. The average molecular weight is 380 g/mol. The van der Waals surface area contributed by atoms with Crippen LogP contribution in [0.25, 0.3) is 0 Å². The summed E-state index contributed by atoms with van der Waals surface area (Å²) in [5, 5.41) is 7.11. The van der Waals surface area contributed by atoms with Gasteiger partial charge in [-0.2, -0.15) is 0 Å². The van der Waals surface area contributed by atoms with Crippen molar-refractivity contribution in [2.45, 2.75) is 52.0 Å². The number of ether oxygens (including phenoxy) is 1. The molecule has 2 aromatic rings. The van der Waals surface area contributed by atoms with Gasteiger partial charge in [0.15, 0.2) is 0 Å². The van der Waals surface area contributed by atoms with Gasteiger partial charge in [-0.25, -0.2) is 0 Å². The summed E-state index contributed by atoms with van der Waals surface area (Å²) in [6.45, 7) is 16.0. The quantitative estimate of drug-likeness (QED) is 0.791. The zero-order valence-electron chi connectivity index (χ0n) is 17.9. The lowest BCUT2D eigenvalue weighted by atomic mass is 9.81. The summed E-state index contributed by atoms with van der Waals surface area (Å²) >= 11 is 0. The van der Waals surface area contributed by atoms with E-state index in [4.69, 9.17) is 4.74 Å². The van der Waals surface area contributed by atoms with Crippen LogP contribution in [-0.4, -0.2) is 31.3 Å². The predicted octanol–water partition coefficient (Wildman–Crippen LogP) is 4.95. The van der Waals surface area contributed by atoms with Crippen LogP contribution in [0.5, 0.6) is 5.75 Å². The summed E-state index contributed by atoms with van der Waals surface area (Å²) in [6.07, 6.45) is 0. The van der Waals surface area contributed by atoms with Crippen LogP contribution in [-0.2, 0) is 17.4 Å². The third-order valence-corrected chi connectivity index (χ3v) is 5.89. The third kappa shape index (κ3) is 3.58. The van der Waals surface area contributed by atoms with Crippen molar-refractivity contribution in [1.82, 2.24) is 4.90 Å². The number of rotatable bonds is 3. The Bertz CT molecular complexity index is 867.